The molecule has 100 valence electrons. The number of aryl methyl sites for hydroxylation is 1. The average Bonchev–Trinajstić information content (AvgIpc) is 2.41. The van der Waals surface area contributed by atoms with E-state index >= 15 is 0 Å². The lowest BCUT2D eigenvalue weighted by Crippen LogP contribution is -1.93. The van der Waals surface area contributed by atoms with Gasteiger partial charge in [0.2, 0.25) is 0 Å². The average molecular weight is 272 g/mol. The van der Waals surface area contributed by atoms with Crippen LogP contribution in [0, 0.1) is 34.2 Å². The van der Waals surface area contributed by atoms with E-state index in [0.29, 0.717) is 16.9 Å². The zero-order chi connectivity index (χ0) is 14.7. The first-order chi connectivity index (χ1) is 9.51. The van der Waals surface area contributed by atoms with Gasteiger partial charge in [0.05, 0.1) is 22.6 Å². The molecule has 6 heteroatoms. The first-order valence-electron chi connectivity index (χ1n) is 5.64. The van der Waals surface area contributed by atoms with Gasteiger partial charge >= 0.3 is 0 Å². The molecule has 0 atom stereocenters. The largest absolute Gasteiger partial charge is 0.454 e. The minimum absolute atomic E-state index is 0.111. The number of nitriles is 1. The van der Waals surface area contributed by atoms with Crippen molar-refractivity contribution in [2.24, 2.45) is 0 Å². The van der Waals surface area contributed by atoms with Gasteiger partial charge in [-0.1, -0.05) is 0 Å². The Hall–Kier alpha value is -2.94. The fourth-order valence-corrected chi connectivity index (χ4v) is 1.64. The van der Waals surface area contributed by atoms with Crippen LogP contribution in [0.2, 0.25) is 0 Å². The maximum absolute atomic E-state index is 13.7. The molecule has 0 aliphatic rings. The standard InChI is InChI=1S/C14H9FN2O3/c1-9-6-12(4-2-10(9)8-16)20-14-5-3-11(17(18)19)7-13(14)15/h2-7H,1H3. The summed E-state index contributed by atoms with van der Waals surface area (Å²) in [7, 11) is 0. The lowest BCUT2D eigenvalue weighted by Gasteiger charge is -2.07. The molecule has 0 aliphatic heterocycles. The molecule has 20 heavy (non-hydrogen) atoms. The number of hydrogen-bond donors (Lipinski definition) is 0. The van der Waals surface area contributed by atoms with Crippen LogP contribution in [-0.2, 0) is 0 Å². The number of nitrogens with zero attached hydrogens (tertiary/aromatic N) is 2. The van der Waals surface area contributed by atoms with E-state index in [1.165, 1.54) is 12.1 Å². The van der Waals surface area contributed by atoms with E-state index in [-0.39, 0.29) is 11.4 Å². The van der Waals surface area contributed by atoms with E-state index in [9.17, 15) is 14.5 Å². The number of nitro groups is 1. The van der Waals surface area contributed by atoms with Crippen LogP contribution in [-0.4, -0.2) is 4.92 Å². The molecule has 0 radical (unpaired) electrons. The molecule has 2 aromatic rings. The third-order valence-corrected chi connectivity index (χ3v) is 2.67. The molecule has 0 heterocycles. The van der Waals surface area contributed by atoms with Crippen molar-refractivity contribution < 1.29 is 14.1 Å². The van der Waals surface area contributed by atoms with E-state index in [1.807, 2.05) is 6.07 Å². The first-order valence-corrected chi connectivity index (χ1v) is 5.64. The molecule has 0 fully saturated rings. The summed E-state index contributed by atoms with van der Waals surface area (Å²) in [6.07, 6.45) is 0. The van der Waals surface area contributed by atoms with E-state index in [2.05, 4.69) is 0 Å². The Morgan fingerprint density at radius 1 is 1.30 bits per heavy atom. The van der Waals surface area contributed by atoms with E-state index in [1.54, 1.807) is 19.1 Å². The number of halogens is 1. The van der Waals surface area contributed by atoms with Gasteiger partial charge in [0.15, 0.2) is 11.6 Å². The monoisotopic (exact) mass is 272 g/mol. The van der Waals surface area contributed by atoms with Gasteiger partial charge in [-0.15, -0.1) is 0 Å². The van der Waals surface area contributed by atoms with Crippen LogP contribution in [0.15, 0.2) is 36.4 Å². The molecule has 0 aliphatic carbocycles. The van der Waals surface area contributed by atoms with Crippen LogP contribution in [0.4, 0.5) is 10.1 Å². The quantitative estimate of drug-likeness (QED) is 0.630. The highest BCUT2D eigenvalue weighted by Crippen LogP contribution is 2.28. The normalized spacial score (nSPS) is 9.85. The minimum Gasteiger partial charge on any atom is -0.454 e. The predicted molar refractivity (Wildman–Crippen MR) is 69.0 cm³/mol. The van der Waals surface area contributed by atoms with Crippen molar-refractivity contribution >= 4 is 5.69 Å². The van der Waals surface area contributed by atoms with Crippen molar-refractivity contribution in [1.29, 1.82) is 5.26 Å². The lowest BCUT2D eigenvalue weighted by atomic mass is 10.1. The molecule has 0 aromatic heterocycles. The second-order valence-electron chi connectivity index (χ2n) is 4.06. The highest BCUT2D eigenvalue weighted by Gasteiger charge is 2.12. The fourth-order valence-electron chi connectivity index (χ4n) is 1.64. The van der Waals surface area contributed by atoms with Crippen molar-refractivity contribution in [2.45, 2.75) is 6.92 Å². The topological polar surface area (TPSA) is 76.2 Å². The van der Waals surface area contributed by atoms with Gasteiger partial charge in [-0.25, -0.2) is 4.39 Å². The van der Waals surface area contributed by atoms with Crippen LogP contribution in [0.25, 0.3) is 0 Å². The zero-order valence-corrected chi connectivity index (χ0v) is 10.5. The molecule has 0 bridgehead atoms. The van der Waals surface area contributed by atoms with Gasteiger partial charge in [0, 0.05) is 6.07 Å². The number of rotatable bonds is 3. The summed E-state index contributed by atoms with van der Waals surface area (Å²) in [5.41, 5.74) is 0.861. The third-order valence-electron chi connectivity index (χ3n) is 2.67. The van der Waals surface area contributed by atoms with Gasteiger partial charge < -0.3 is 4.74 Å². The third kappa shape index (κ3) is 2.72. The Kier molecular flexibility index (Phi) is 3.62. The van der Waals surface area contributed by atoms with Gasteiger partial charge in [0.1, 0.15) is 5.75 Å². The summed E-state index contributed by atoms with van der Waals surface area (Å²) in [6.45, 7) is 1.73. The molecule has 0 N–H and O–H groups in total. The predicted octanol–water partition coefficient (Wildman–Crippen LogP) is 3.71. The number of hydrogen-bond acceptors (Lipinski definition) is 4. The smallest absolute Gasteiger partial charge is 0.272 e. The molecule has 2 aromatic carbocycles. The van der Waals surface area contributed by atoms with Crippen LogP contribution in [0.1, 0.15) is 11.1 Å². The van der Waals surface area contributed by atoms with Crippen molar-refractivity contribution in [1.82, 2.24) is 0 Å². The maximum Gasteiger partial charge on any atom is 0.272 e. The van der Waals surface area contributed by atoms with E-state index < -0.39 is 10.7 Å². The summed E-state index contributed by atoms with van der Waals surface area (Å²) in [5, 5.41) is 19.3. The SMILES string of the molecule is Cc1cc(Oc2ccc([N+](=O)[O-])cc2F)ccc1C#N. The summed E-state index contributed by atoms with van der Waals surface area (Å²) in [5.74, 6) is -0.574. The number of ether oxygens (including phenoxy) is 1. The lowest BCUT2D eigenvalue weighted by molar-refractivity contribution is -0.385. The zero-order valence-electron chi connectivity index (χ0n) is 10.5. The van der Waals surface area contributed by atoms with Crippen LogP contribution in [0.3, 0.4) is 0 Å². The van der Waals surface area contributed by atoms with Crippen molar-refractivity contribution in [3.63, 3.8) is 0 Å². The first kappa shape index (κ1) is 13.5. The second kappa shape index (κ2) is 5.36. The number of non-ortho nitro benzene ring substituents is 1. The van der Waals surface area contributed by atoms with Crippen LogP contribution >= 0.6 is 0 Å². The molecule has 0 amide bonds. The molecule has 0 unspecified atom stereocenters. The van der Waals surface area contributed by atoms with Gasteiger partial charge in [0.25, 0.3) is 5.69 Å². The van der Waals surface area contributed by atoms with Crippen molar-refractivity contribution in [3.8, 4) is 17.6 Å². The Morgan fingerprint density at radius 2 is 2.05 bits per heavy atom. The summed E-state index contributed by atoms with van der Waals surface area (Å²) < 4.78 is 19.0. The van der Waals surface area contributed by atoms with Gasteiger partial charge in [-0.3, -0.25) is 10.1 Å². The molecular weight excluding hydrogens is 263 g/mol. The molecule has 5 nitrogen and oxygen atoms in total. The summed E-state index contributed by atoms with van der Waals surface area (Å²) >= 11 is 0. The Bertz CT molecular complexity index is 723. The van der Waals surface area contributed by atoms with Gasteiger partial charge in [-0.05, 0) is 36.8 Å². The summed E-state index contributed by atoms with van der Waals surface area (Å²) in [4.78, 5) is 9.82. The molecule has 2 rings (SSSR count). The molecule has 0 saturated heterocycles. The fraction of sp³-hybridized carbons (Fsp3) is 0.0714. The van der Waals surface area contributed by atoms with Crippen molar-refractivity contribution in [3.05, 3.63) is 63.5 Å². The molecule has 0 saturated carbocycles. The second-order valence-corrected chi connectivity index (χ2v) is 4.06. The van der Waals surface area contributed by atoms with Crippen LogP contribution < -0.4 is 4.74 Å². The van der Waals surface area contributed by atoms with E-state index in [4.69, 9.17) is 10.00 Å². The Morgan fingerprint density at radius 3 is 2.60 bits per heavy atom. The highest BCUT2D eigenvalue weighted by molar-refractivity contribution is 5.44. The molecule has 0 spiro atoms. The Balaban J connectivity index is 2.29. The summed E-state index contributed by atoms with van der Waals surface area (Å²) in [6, 6.07) is 9.86. The number of benzene rings is 2. The van der Waals surface area contributed by atoms with Crippen LogP contribution in [0.5, 0.6) is 11.5 Å². The van der Waals surface area contributed by atoms with Gasteiger partial charge in [-0.2, -0.15) is 5.26 Å². The van der Waals surface area contributed by atoms with Crippen molar-refractivity contribution in [2.75, 3.05) is 0 Å². The molecular formula is C14H9FN2O3. The maximum atomic E-state index is 13.7. The van der Waals surface area contributed by atoms with E-state index in [0.717, 1.165) is 12.1 Å². The highest BCUT2D eigenvalue weighted by atomic mass is 19.1. The number of nitro benzene ring substituents is 1. The Labute approximate surface area is 114 Å². The minimum atomic E-state index is -0.818.